The second kappa shape index (κ2) is 3.89. The van der Waals surface area contributed by atoms with Gasteiger partial charge < -0.3 is 15.7 Å². The summed E-state index contributed by atoms with van der Waals surface area (Å²) >= 11 is 5.80. The first kappa shape index (κ1) is 10.9. The summed E-state index contributed by atoms with van der Waals surface area (Å²) in [4.78, 5) is 16.1. The van der Waals surface area contributed by atoms with E-state index in [0.29, 0.717) is 22.8 Å². The Morgan fingerprint density at radius 1 is 1.17 bits per heavy atom. The number of pyridine rings is 1. The maximum absolute atomic E-state index is 12.0. The minimum absolute atomic E-state index is 0.00717. The van der Waals surface area contributed by atoms with E-state index < -0.39 is 0 Å². The van der Waals surface area contributed by atoms with Gasteiger partial charge in [0.15, 0.2) is 0 Å². The number of carbonyl (C=O) groups is 1. The summed E-state index contributed by atoms with van der Waals surface area (Å²) in [6, 6.07) is 8.01. The molecule has 6 heteroatoms. The fraction of sp³-hybridized carbons (Fsp3) is 0. The second-order valence-electron chi connectivity index (χ2n) is 3.81. The fourth-order valence-electron chi connectivity index (χ4n) is 1.80. The predicted molar refractivity (Wildman–Crippen MR) is 68.6 cm³/mol. The molecule has 0 saturated carbocycles. The number of nitrogens with one attached hydrogen (secondary N) is 2. The zero-order valence-corrected chi connectivity index (χ0v) is 9.82. The molecule has 18 heavy (non-hydrogen) atoms. The molecule has 1 aromatic carbocycles. The molecule has 5 nitrogen and oxygen atoms in total. The van der Waals surface area contributed by atoms with E-state index in [-0.39, 0.29) is 16.8 Å². The standard InChI is InChI=1S/C12H8ClN3O2/c13-9-5-4-6-11(15-9)14-7-2-1-3-8(17)10(7)16-12(6)18/h1-5,17H,(H,14,15)(H,16,18). The first-order chi connectivity index (χ1) is 8.65. The summed E-state index contributed by atoms with van der Waals surface area (Å²) < 4.78 is 0. The first-order valence-corrected chi connectivity index (χ1v) is 5.60. The lowest BCUT2D eigenvalue weighted by atomic mass is 10.2. The highest BCUT2D eigenvalue weighted by atomic mass is 35.5. The van der Waals surface area contributed by atoms with Crippen molar-refractivity contribution in [3.8, 4) is 5.75 Å². The van der Waals surface area contributed by atoms with Gasteiger partial charge in [-0.1, -0.05) is 17.7 Å². The molecule has 2 heterocycles. The molecule has 2 aromatic rings. The van der Waals surface area contributed by atoms with Gasteiger partial charge in [-0.2, -0.15) is 0 Å². The molecule has 0 unspecified atom stereocenters. The van der Waals surface area contributed by atoms with Crippen LogP contribution in [0.1, 0.15) is 10.4 Å². The van der Waals surface area contributed by atoms with E-state index in [1.54, 1.807) is 18.2 Å². The molecule has 90 valence electrons. The molecule has 1 aliphatic rings. The van der Waals surface area contributed by atoms with Gasteiger partial charge in [-0.25, -0.2) is 4.98 Å². The van der Waals surface area contributed by atoms with Gasteiger partial charge in [0.05, 0.1) is 11.3 Å². The third-order valence-electron chi connectivity index (χ3n) is 2.64. The Kier molecular flexibility index (Phi) is 2.34. The first-order valence-electron chi connectivity index (χ1n) is 5.22. The molecule has 0 spiro atoms. The van der Waals surface area contributed by atoms with Crippen molar-refractivity contribution < 1.29 is 9.90 Å². The highest BCUT2D eigenvalue weighted by molar-refractivity contribution is 6.29. The highest BCUT2D eigenvalue weighted by Gasteiger charge is 2.21. The van der Waals surface area contributed by atoms with Gasteiger partial charge in [0.25, 0.3) is 5.91 Å². The van der Waals surface area contributed by atoms with E-state index in [0.717, 1.165) is 0 Å². The molecular weight excluding hydrogens is 254 g/mol. The van der Waals surface area contributed by atoms with Crippen LogP contribution in [-0.4, -0.2) is 16.0 Å². The van der Waals surface area contributed by atoms with Crippen molar-refractivity contribution in [3.63, 3.8) is 0 Å². The maximum Gasteiger partial charge on any atom is 0.259 e. The minimum Gasteiger partial charge on any atom is -0.506 e. The molecule has 1 amide bonds. The van der Waals surface area contributed by atoms with Gasteiger partial charge in [0, 0.05) is 0 Å². The molecule has 0 radical (unpaired) electrons. The van der Waals surface area contributed by atoms with Crippen molar-refractivity contribution in [2.45, 2.75) is 0 Å². The Bertz CT molecular complexity index is 658. The summed E-state index contributed by atoms with van der Waals surface area (Å²) in [5.74, 6) is 0.0125. The molecular formula is C12H8ClN3O2. The average Bonchev–Trinajstić information content (AvgIpc) is 2.46. The Hall–Kier alpha value is -2.27. The van der Waals surface area contributed by atoms with Crippen molar-refractivity contribution in [1.82, 2.24) is 4.98 Å². The van der Waals surface area contributed by atoms with Crippen molar-refractivity contribution >= 4 is 34.7 Å². The number of phenols is 1. The van der Waals surface area contributed by atoms with Crippen molar-refractivity contribution in [2.75, 3.05) is 10.6 Å². The van der Waals surface area contributed by atoms with E-state index in [1.165, 1.54) is 12.1 Å². The Morgan fingerprint density at radius 3 is 2.83 bits per heavy atom. The monoisotopic (exact) mass is 261 g/mol. The zero-order valence-electron chi connectivity index (χ0n) is 9.07. The topological polar surface area (TPSA) is 74.2 Å². The van der Waals surface area contributed by atoms with Gasteiger partial charge in [0.1, 0.15) is 22.4 Å². The molecule has 0 bridgehead atoms. The Morgan fingerprint density at radius 2 is 2.00 bits per heavy atom. The molecule has 3 rings (SSSR count). The highest BCUT2D eigenvalue weighted by Crippen LogP contribution is 2.37. The molecule has 0 saturated heterocycles. The number of nitrogens with zero attached hydrogens (tertiary/aromatic N) is 1. The maximum atomic E-state index is 12.0. The second-order valence-corrected chi connectivity index (χ2v) is 4.20. The van der Waals surface area contributed by atoms with Crippen molar-refractivity contribution in [1.29, 1.82) is 0 Å². The Labute approximate surface area is 107 Å². The zero-order chi connectivity index (χ0) is 12.7. The number of para-hydroxylation sites is 1. The van der Waals surface area contributed by atoms with E-state index in [9.17, 15) is 9.90 Å². The summed E-state index contributed by atoms with van der Waals surface area (Å²) in [7, 11) is 0. The number of carbonyl (C=O) groups excluding carboxylic acids is 1. The number of amides is 1. The summed E-state index contributed by atoms with van der Waals surface area (Å²) in [5, 5.41) is 15.6. The molecule has 0 fully saturated rings. The number of anilines is 3. The number of benzene rings is 1. The normalized spacial score (nSPS) is 12.8. The number of aromatic nitrogens is 1. The van der Waals surface area contributed by atoms with Crippen LogP contribution >= 0.6 is 11.6 Å². The molecule has 1 aliphatic heterocycles. The smallest absolute Gasteiger partial charge is 0.259 e. The van der Waals surface area contributed by atoms with Crippen molar-refractivity contribution in [2.24, 2.45) is 0 Å². The number of fused-ring (bicyclic) bond motifs is 2. The van der Waals surface area contributed by atoms with Gasteiger partial charge in [0.2, 0.25) is 0 Å². The van der Waals surface area contributed by atoms with Crippen molar-refractivity contribution in [3.05, 3.63) is 41.0 Å². The summed E-state index contributed by atoms with van der Waals surface area (Å²) in [6.07, 6.45) is 0. The summed E-state index contributed by atoms with van der Waals surface area (Å²) in [6.45, 7) is 0. The van der Waals surface area contributed by atoms with Gasteiger partial charge in [-0.05, 0) is 24.3 Å². The van der Waals surface area contributed by atoms with Gasteiger partial charge in [-0.3, -0.25) is 4.79 Å². The predicted octanol–water partition coefficient (Wildman–Crippen LogP) is 2.75. The SMILES string of the molecule is O=C1Nc2c(O)cccc2Nc2nc(Cl)ccc21. The lowest BCUT2D eigenvalue weighted by Gasteiger charge is -2.08. The molecule has 1 aromatic heterocycles. The van der Waals surface area contributed by atoms with Crippen LogP contribution in [-0.2, 0) is 0 Å². The molecule has 0 aliphatic carbocycles. The fourth-order valence-corrected chi connectivity index (χ4v) is 1.95. The Balaban J connectivity index is 2.20. The van der Waals surface area contributed by atoms with Crippen LogP contribution in [0.25, 0.3) is 0 Å². The van der Waals surface area contributed by atoms with Crippen LogP contribution in [0.3, 0.4) is 0 Å². The van der Waals surface area contributed by atoms with Crippen LogP contribution in [0, 0.1) is 0 Å². The number of hydrogen-bond donors (Lipinski definition) is 3. The molecule has 0 atom stereocenters. The van der Waals surface area contributed by atoms with Crippen LogP contribution in [0.5, 0.6) is 5.75 Å². The third-order valence-corrected chi connectivity index (χ3v) is 2.85. The average molecular weight is 262 g/mol. The quantitative estimate of drug-likeness (QED) is 0.504. The lowest BCUT2D eigenvalue weighted by Crippen LogP contribution is -2.11. The van der Waals surface area contributed by atoms with E-state index in [4.69, 9.17) is 11.6 Å². The number of hydrogen-bond acceptors (Lipinski definition) is 4. The van der Waals surface area contributed by atoms with E-state index in [1.807, 2.05) is 0 Å². The van der Waals surface area contributed by atoms with Crippen LogP contribution in [0.4, 0.5) is 17.2 Å². The number of halogens is 1. The summed E-state index contributed by atoms with van der Waals surface area (Å²) in [5.41, 5.74) is 1.27. The number of aromatic hydroxyl groups is 1. The minimum atomic E-state index is -0.345. The lowest BCUT2D eigenvalue weighted by molar-refractivity contribution is 0.102. The van der Waals surface area contributed by atoms with E-state index >= 15 is 0 Å². The van der Waals surface area contributed by atoms with Crippen LogP contribution in [0.2, 0.25) is 5.15 Å². The van der Waals surface area contributed by atoms with Crippen LogP contribution in [0.15, 0.2) is 30.3 Å². The largest absolute Gasteiger partial charge is 0.506 e. The number of phenolic OH excluding ortho intramolecular Hbond substituents is 1. The third kappa shape index (κ3) is 1.65. The van der Waals surface area contributed by atoms with Gasteiger partial charge >= 0.3 is 0 Å². The van der Waals surface area contributed by atoms with Crippen LogP contribution < -0.4 is 10.6 Å². The van der Waals surface area contributed by atoms with E-state index in [2.05, 4.69) is 15.6 Å². The van der Waals surface area contributed by atoms with Gasteiger partial charge in [-0.15, -0.1) is 0 Å². The molecule has 3 N–H and O–H groups in total. The number of rotatable bonds is 0.